The molecule has 4 heteroatoms. The van der Waals surface area contributed by atoms with Crippen molar-refractivity contribution in [3.8, 4) is 0 Å². The van der Waals surface area contributed by atoms with Crippen molar-refractivity contribution in [2.24, 2.45) is 5.84 Å². The molecule has 1 aromatic heterocycles. The van der Waals surface area contributed by atoms with E-state index in [9.17, 15) is 0 Å². The molecular weight excluding hydrogens is 278 g/mol. The lowest BCUT2D eigenvalue weighted by Gasteiger charge is -2.16. The highest BCUT2D eigenvalue weighted by Gasteiger charge is 2.19. The standard InChI is InChI=1S/C17H25N3S/c1-5-12-6-8-13(9-7-12)14(20-18)10-16-19-15(11-21-16)17(2,3)4/h6-9,11,14,20H,5,10,18H2,1-4H3. The Morgan fingerprint density at radius 2 is 1.90 bits per heavy atom. The molecule has 0 spiro atoms. The van der Waals surface area contributed by atoms with Crippen molar-refractivity contribution in [3.05, 3.63) is 51.5 Å². The quantitative estimate of drug-likeness (QED) is 0.653. The molecule has 1 heterocycles. The zero-order valence-electron chi connectivity index (χ0n) is 13.3. The summed E-state index contributed by atoms with van der Waals surface area (Å²) in [5.41, 5.74) is 6.73. The maximum Gasteiger partial charge on any atom is 0.0948 e. The van der Waals surface area contributed by atoms with Crippen LogP contribution in [0.3, 0.4) is 0 Å². The molecule has 2 rings (SSSR count). The fourth-order valence-corrected chi connectivity index (χ4v) is 3.25. The number of aromatic nitrogens is 1. The van der Waals surface area contributed by atoms with Crippen molar-refractivity contribution >= 4 is 11.3 Å². The van der Waals surface area contributed by atoms with E-state index in [-0.39, 0.29) is 11.5 Å². The average molecular weight is 303 g/mol. The number of thiazole rings is 1. The molecule has 0 aliphatic heterocycles. The number of hydrazine groups is 1. The van der Waals surface area contributed by atoms with Crippen molar-refractivity contribution in [3.63, 3.8) is 0 Å². The highest BCUT2D eigenvalue weighted by Crippen LogP contribution is 2.26. The van der Waals surface area contributed by atoms with Gasteiger partial charge in [-0.3, -0.25) is 11.3 Å². The van der Waals surface area contributed by atoms with Gasteiger partial charge in [-0.05, 0) is 17.5 Å². The molecule has 3 nitrogen and oxygen atoms in total. The Bertz CT molecular complexity index is 566. The summed E-state index contributed by atoms with van der Waals surface area (Å²) < 4.78 is 0. The number of aryl methyl sites for hydroxylation is 1. The Balaban J connectivity index is 2.13. The lowest BCUT2D eigenvalue weighted by Crippen LogP contribution is -2.29. The van der Waals surface area contributed by atoms with Crippen molar-refractivity contribution in [1.82, 2.24) is 10.4 Å². The molecule has 0 radical (unpaired) electrons. The molecule has 3 N–H and O–H groups in total. The smallest absolute Gasteiger partial charge is 0.0948 e. The summed E-state index contributed by atoms with van der Waals surface area (Å²) in [4.78, 5) is 4.75. The summed E-state index contributed by atoms with van der Waals surface area (Å²) in [5, 5.41) is 3.28. The van der Waals surface area contributed by atoms with E-state index in [4.69, 9.17) is 10.8 Å². The second-order valence-corrected chi connectivity index (χ2v) is 7.34. The number of benzene rings is 1. The van der Waals surface area contributed by atoms with E-state index < -0.39 is 0 Å². The number of nitrogens with zero attached hydrogens (tertiary/aromatic N) is 1. The number of nitrogens with two attached hydrogens (primary N) is 1. The predicted molar refractivity (Wildman–Crippen MR) is 90.4 cm³/mol. The summed E-state index contributed by atoms with van der Waals surface area (Å²) >= 11 is 1.72. The monoisotopic (exact) mass is 303 g/mol. The van der Waals surface area contributed by atoms with Crippen LogP contribution in [-0.4, -0.2) is 4.98 Å². The molecule has 114 valence electrons. The number of hydrogen-bond donors (Lipinski definition) is 2. The second-order valence-electron chi connectivity index (χ2n) is 6.39. The first-order chi connectivity index (χ1) is 9.94. The van der Waals surface area contributed by atoms with Gasteiger partial charge in [-0.2, -0.15) is 0 Å². The van der Waals surface area contributed by atoms with Crippen LogP contribution in [0.25, 0.3) is 0 Å². The minimum absolute atomic E-state index is 0.100. The van der Waals surface area contributed by atoms with Gasteiger partial charge in [0.1, 0.15) is 0 Å². The van der Waals surface area contributed by atoms with Crippen LogP contribution in [0, 0.1) is 0 Å². The lowest BCUT2D eigenvalue weighted by molar-refractivity contribution is 0.541. The maximum absolute atomic E-state index is 5.74. The van der Waals surface area contributed by atoms with Crippen LogP contribution in [0.4, 0.5) is 0 Å². The van der Waals surface area contributed by atoms with E-state index in [1.54, 1.807) is 11.3 Å². The van der Waals surface area contributed by atoms with Crippen molar-refractivity contribution in [2.75, 3.05) is 0 Å². The fourth-order valence-electron chi connectivity index (χ4n) is 2.18. The van der Waals surface area contributed by atoms with Crippen LogP contribution in [0.5, 0.6) is 0 Å². The van der Waals surface area contributed by atoms with Gasteiger partial charge in [0.25, 0.3) is 0 Å². The third-order valence-corrected chi connectivity index (χ3v) is 4.56. The van der Waals surface area contributed by atoms with Gasteiger partial charge in [-0.25, -0.2) is 4.98 Å². The summed E-state index contributed by atoms with van der Waals surface area (Å²) in [5.74, 6) is 5.74. The minimum atomic E-state index is 0.100. The zero-order valence-corrected chi connectivity index (χ0v) is 14.1. The Morgan fingerprint density at radius 3 is 2.38 bits per heavy atom. The van der Waals surface area contributed by atoms with Crippen molar-refractivity contribution in [2.45, 2.75) is 52.0 Å². The summed E-state index contributed by atoms with van der Waals surface area (Å²) in [7, 11) is 0. The maximum atomic E-state index is 5.74. The summed E-state index contributed by atoms with van der Waals surface area (Å²) in [6.45, 7) is 8.73. The van der Waals surface area contributed by atoms with Gasteiger partial charge < -0.3 is 0 Å². The van der Waals surface area contributed by atoms with Gasteiger partial charge >= 0.3 is 0 Å². The number of nitrogens with one attached hydrogen (secondary N) is 1. The fraction of sp³-hybridized carbons (Fsp3) is 0.471. The third-order valence-electron chi connectivity index (χ3n) is 3.69. The lowest BCUT2D eigenvalue weighted by atomic mass is 9.93. The molecule has 0 aliphatic carbocycles. The molecule has 2 aromatic rings. The van der Waals surface area contributed by atoms with Crippen LogP contribution in [-0.2, 0) is 18.3 Å². The van der Waals surface area contributed by atoms with Crippen LogP contribution in [0.2, 0.25) is 0 Å². The largest absolute Gasteiger partial charge is 0.271 e. The van der Waals surface area contributed by atoms with E-state index in [1.165, 1.54) is 11.1 Å². The first kappa shape index (κ1) is 16.1. The molecular formula is C17H25N3S. The Morgan fingerprint density at radius 1 is 1.24 bits per heavy atom. The Labute approximate surface area is 131 Å². The molecule has 21 heavy (non-hydrogen) atoms. The Kier molecular flexibility index (Phi) is 5.14. The highest BCUT2D eigenvalue weighted by molar-refractivity contribution is 7.09. The topological polar surface area (TPSA) is 50.9 Å². The van der Waals surface area contributed by atoms with Crippen molar-refractivity contribution < 1.29 is 0 Å². The normalized spacial score (nSPS) is 13.4. The molecule has 0 saturated heterocycles. The molecule has 0 bridgehead atoms. The first-order valence-electron chi connectivity index (χ1n) is 7.44. The van der Waals surface area contributed by atoms with E-state index in [0.717, 1.165) is 23.5 Å². The van der Waals surface area contributed by atoms with E-state index in [0.29, 0.717) is 0 Å². The zero-order chi connectivity index (χ0) is 15.5. The Hall–Kier alpha value is -1.23. The van der Waals surface area contributed by atoms with Crippen LogP contribution < -0.4 is 11.3 Å². The average Bonchev–Trinajstić information content (AvgIpc) is 2.93. The van der Waals surface area contributed by atoms with E-state index in [1.807, 2.05) is 0 Å². The van der Waals surface area contributed by atoms with Gasteiger partial charge in [0.2, 0.25) is 0 Å². The summed E-state index contributed by atoms with van der Waals surface area (Å²) in [6.07, 6.45) is 1.88. The molecule has 0 fully saturated rings. The van der Waals surface area contributed by atoms with Gasteiger partial charge in [0.15, 0.2) is 0 Å². The molecule has 0 saturated carbocycles. The number of rotatable bonds is 5. The highest BCUT2D eigenvalue weighted by atomic mass is 32.1. The molecule has 1 unspecified atom stereocenters. The van der Waals surface area contributed by atoms with Gasteiger partial charge in [0.05, 0.1) is 16.7 Å². The van der Waals surface area contributed by atoms with Crippen LogP contribution in [0.15, 0.2) is 29.6 Å². The van der Waals surface area contributed by atoms with Gasteiger partial charge in [0, 0.05) is 17.2 Å². The second kappa shape index (κ2) is 6.69. The van der Waals surface area contributed by atoms with E-state index in [2.05, 4.69) is 62.8 Å². The van der Waals surface area contributed by atoms with Gasteiger partial charge in [-0.1, -0.05) is 52.0 Å². The van der Waals surface area contributed by atoms with E-state index >= 15 is 0 Å². The molecule has 1 atom stereocenters. The molecule has 1 aromatic carbocycles. The predicted octanol–water partition coefficient (Wildman–Crippen LogP) is 3.75. The van der Waals surface area contributed by atoms with Gasteiger partial charge in [-0.15, -0.1) is 11.3 Å². The SMILES string of the molecule is CCc1ccc(C(Cc2nc(C(C)(C)C)cs2)NN)cc1. The molecule has 0 amide bonds. The number of hydrogen-bond acceptors (Lipinski definition) is 4. The minimum Gasteiger partial charge on any atom is -0.271 e. The summed E-state index contributed by atoms with van der Waals surface area (Å²) in [6, 6.07) is 8.75. The van der Waals surface area contributed by atoms with Crippen LogP contribution >= 0.6 is 11.3 Å². The third kappa shape index (κ3) is 4.13. The van der Waals surface area contributed by atoms with Crippen LogP contribution in [0.1, 0.15) is 55.6 Å². The van der Waals surface area contributed by atoms with Crippen molar-refractivity contribution in [1.29, 1.82) is 0 Å². The molecule has 0 aliphatic rings. The first-order valence-corrected chi connectivity index (χ1v) is 8.32.